The molecule has 17 heteroatoms. The Balaban J connectivity index is 0.000000526. The van der Waals surface area contributed by atoms with Crippen LogP contribution in [0.3, 0.4) is 0 Å². The minimum absolute atomic E-state index is 0.0733. The van der Waals surface area contributed by atoms with E-state index in [0.717, 1.165) is 33.7 Å². The third kappa shape index (κ3) is 14.0. The molecule has 2 heterocycles. The molecule has 47 heavy (non-hydrogen) atoms. The fraction of sp³-hybridized carbons (Fsp3) is 0.200. The molecule has 0 aliphatic heterocycles. The van der Waals surface area contributed by atoms with Crippen LogP contribution in [0.2, 0.25) is 5.02 Å². The predicted molar refractivity (Wildman–Crippen MR) is 176 cm³/mol. The third-order valence-electron chi connectivity index (χ3n) is 5.65. The molecule has 0 unspecified atom stereocenters. The van der Waals surface area contributed by atoms with Gasteiger partial charge in [0.1, 0.15) is 41.8 Å². The smallest absolute Gasteiger partial charge is 0.261 e. The lowest BCUT2D eigenvalue weighted by molar-refractivity contribution is 0.290. The van der Waals surface area contributed by atoms with Gasteiger partial charge in [0, 0.05) is 23.2 Å². The van der Waals surface area contributed by atoms with Gasteiger partial charge in [0.15, 0.2) is 0 Å². The van der Waals surface area contributed by atoms with Crippen LogP contribution in [0.5, 0.6) is 5.75 Å². The topological polar surface area (TPSA) is 201 Å². The zero-order chi connectivity index (χ0) is 34.6. The molecule has 0 saturated carbocycles. The van der Waals surface area contributed by atoms with Crippen LogP contribution in [0.4, 0.5) is 15.9 Å². The highest BCUT2D eigenvalue weighted by atomic mass is 35.5. The summed E-state index contributed by atoms with van der Waals surface area (Å²) in [4.78, 5) is 8.81. The first-order valence-corrected chi connectivity index (χ1v) is 17.6. The predicted octanol–water partition coefficient (Wildman–Crippen LogP) is 5.09. The summed E-state index contributed by atoms with van der Waals surface area (Å²) in [6, 6.07) is 21.2. The molecule has 3 aromatic carbocycles. The zero-order valence-electron chi connectivity index (χ0n) is 25.1. The molecule has 0 aliphatic carbocycles. The normalized spacial score (nSPS) is 11.2. The van der Waals surface area contributed by atoms with Gasteiger partial charge < -0.3 is 24.9 Å². The van der Waals surface area contributed by atoms with Gasteiger partial charge >= 0.3 is 0 Å². The van der Waals surface area contributed by atoms with Crippen LogP contribution in [-0.4, -0.2) is 66.7 Å². The van der Waals surface area contributed by atoms with Crippen LogP contribution in [-0.2, 0) is 33.4 Å². The molecule has 0 saturated heterocycles. The Morgan fingerprint density at radius 2 is 1.66 bits per heavy atom. The van der Waals surface area contributed by atoms with Gasteiger partial charge in [0.2, 0.25) is 0 Å². The number of aromatic nitrogens is 2. The minimum Gasteiger partial charge on any atom is -0.487 e. The van der Waals surface area contributed by atoms with E-state index in [9.17, 15) is 21.2 Å². The Labute approximate surface area is 275 Å². The molecule has 0 spiro atoms. The van der Waals surface area contributed by atoms with Gasteiger partial charge in [-0.15, -0.1) is 0 Å². The molecule has 0 amide bonds. The van der Waals surface area contributed by atoms with Gasteiger partial charge in [-0.25, -0.2) is 14.4 Å². The molecule has 0 radical (unpaired) electrons. The quantitative estimate of drug-likeness (QED) is 0.0948. The Bertz CT molecular complexity index is 1960. The summed E-state index contributed by atoms with van der Waals surface area (Å²) < 4.78 is 76.9. The first-order valence-electron chi connectivity index (χ1n) is 13.5. The number of furan rings is 1. The van der Waals surface area contributed by atoms with Gasteiger partial charge in [-0.1, -0.05) is 23.7 Å². The Morgan fingerprint density at radius 3 is 2.32 bits per heavy atom. The van der Waals surface area contributed by atoms with Crippen LogP contribution in [0, 0.1) is 5.82 Å². The average molecular weight is 711 g/mol. The summed E-state index contributed by atoms with van der Waals surface area (Å²) in [6.45, 7) is 1.31. The maximum Gasteiger partial charge on any atom is 0.261 e. The number of benzene rings is 3. The van der Waals surface area contributed by atoms with Gasteiger partial charge in [-0.05, 0) is 66.2 Å². The Kier molecular flexibility index (Phi) is 13.6. The highest BCUT2D eigenvalue weighted by molar-refractivity contribution is 7.85. The molecule has 5 aromatic rings. The first-order chi connectivity index (χ1) is 22.1. The average Bonchev–Trinajstić information content (AvgIpc) is 3.44. The molecule has 5 N–H and O–H groups in total. The number of ether oxygens (including phenoxy) is 1. The van der Waals surface area contributed by atoms with Gasteiger partial charge in [0.25, 0.3) is 20.2 Å². The largest absolute Gasteiger partial charge is 0.487 e. The van der Waals surface area contributed by atoms with E-state index in [1.54, 1.807) is 24.3 Å². The number of hydrogen-bond acceptors (Lipinski definition) is 11. The second-order valence-corrected chi connectivity index (χ2v) is 13.1. The second-order valence-electron chi connectivity index (χ2n) is 9.78. The monoisotopic (exact) mass is 710 g/mol. The van der Waals surface area contributed by atoms with Crippen molar-refractivity contribution < 1.29 is 44.6 Å². The fourth-order valence-electron chi connectivity index (χ4n) is 3.85. The number of halogens is 2. The van der Waals surface area contributed by atoms with Crippen molar-refractivity contribution in [2.24, 2.45) is 0 Å². The minimum atomic E-state index is -3.67. The van der Waals surface area contributed by atoms with E-state index in [2.05, 4.69) is 20.6 Å². The highest BCUT2D eigenvalue weighted by Gasteiger charge is 2.11. The summed E-state index contributed by atoms with van der Waals surface area (Å²) in [5, 5.41) is 16.6. The molecule has 0 fully saturated rings. The van der Waals surface area contributed by atoms with E-state index in [1.807, 2.05) is 36.4 Å². The van der Waals surface area contributed by atoms with Gasteiger partial charge in [0.05, 0.1) is 36.2 Å². The van der Waals surface area contributed by atoms with E-state index < -0.39 is 20.2 Å². The van der Waals surface area contributed by atoms with Crippen LogP contribution < -0.4 is 15.4 Å². The van der Waals surface area contributed by atoms with Crippen molar-refractivity contribution in [3.63, 3.8) is 0 Å². The Morgan fingerprint density at radius 1 is 0.936 bits per heavy atom. The van der Waals surface area contributed by atoms with Crippen LogP contribution in [0.1, 0.15) is 11.3 Å². The lowest BCUT2D eigenvalue weighted by atomic mass is 10.1. The van der Waals surface area contributed by atoms with Crippen LogP contribution in [0.15, 0.2) is 83.5 Å². The summed E-state index contributed by atoms with van der Waals surface area (Å²) in [7, 11) is -7.33. The highest BCUT2D eigenvalue weighted by Crippen LogP contribution is 2.32. The van der Waals surface area contributed by atoms with Crippen molar-refractivity contribution >= 4 is 54.2 Å². The van der Waals surface area contributed by atoms with Crippen molar-refractivity contribution in [3.05, 3.63) is 101 Å². The number of anilines is 2. The SMILES string of the molecule is CS(=O)(=O)O.CS(=O)(=O)O.OCCNCc1ccc(-c2ccc3ncnc(Nc4ccc(OCc5cccc(F)c5)c(Cl)c4)c3c2)o1. The van der Waals surface area contributed by atoms with E-state index in [1.165, 1.54) is 18.5 Å². The number of aliphatic hydroxyl groups excluding tert-OH is 1. The lowest BCUT2D eigenvalue weighted by Gasteiger charge is -2.12. The first kappa shape index (κ1) is 37.3. The van der Waals surface area contributed by atoms with Crippen molar-refractivity contribution in [2.75, 3.05) is 31.0 Å². The molecule has 13 nitrogen and oxygen atoms in total. The van der Waals surface area contributed by atoms with E-state index in [0.29, 0.717) is 47.8 Å². The number of rotatable bonds is 10. The Hall–Kier alpha value is -4.16. The summed E-state index contributed by atoms with van der Waals surface area (Å²) in [5.74, 6) is 2.30. The third-order valence-corrected chi connectivity index (χ3v) is 5.94. The molecular formula is C30H32ClFN4O9S2. The number of hydrogen-bond donors (Lipinski definition) is 5. The van der Waals surface area contributed by atoms with Crippen LogP contribution in [0.25, 0.3) is 22.2 Å². The number of aliphatic hydroxyl groups is 1. The molecular weight excluding hydrogens is 679 g/mol. The summed E-state index contributed by atoms with van der Waals surface area (Å²) in [5.41, 5.74) is 3.10. The standard InChI is InChI=1S/C28H24ClFN4O3.2CH4O3S/c29-24-14-21(5-8-27(24)36-16-18-2-1-3-20(30)12-18)34-28-23-13-19(4-7-25(23)32-17-33-28)26-9-6-22(37-26)15-31-10-11-35;2*1-5(2,3)4/h1-9,12-14,17,31,35H,10-11,15-16H2,(H,32,33,34);2*1H3,(H,2,3,4). The molecule has 5 rings (SSSR count). The van der Waals surface area contributed by atoms with Gasteiger partial charge in [-0.3, -0.25) is 9.11 Å². The van der Waals surface area contributed by atoms with Crippen molar-refractivity contribution in [2.45, 2.75) is 13.2 Å². The maximum absolute atomic E-state index is 13.4. The molecule has 0 aliphatic rings. The lowest BCUT2D eigenvalue weighted by Crippen LogP contribution is -2.16. The van der Waals surface area contributed by atoms with E-state index in [4.69, 9.17) is 35.0 Å². The van der Waals surface area contributed by atoms with Crippen molar-refractivity contribution in [3.8, 4) is 17.1 Å². The molecule has 0 atom stereocenters. The number of nitrogens with zero attached hydrogens (tertiary/aromatic N) is 2. The fourth-order valence-corrected chi connectivity index (χ4v) is 4.08. The number of nitrogens with one attached hydrogen (secondary N) is 2. The maximum atomic E-state index is 13.4. The summed E-state index contributed by atoms with van der Waals surface area (Å²) in [6.07, 6.45) is 2.93. The zero-order valence-corrected chi connectivity index (χ0v) is 27.5. The molecule has 2 aromatic heterocycles. The van der Waals surface area contributed by atoms with Crippen LogP contribution >= 0.6 is 11.6 Å². The van der Waals surface area contributed by atoms with E-state index in [-0.39, 0.29) is 19.0 Å². The molecule has 252 valence electrons. The number of fused-ring (bicyclic) bond motifs is 1. The van der Waals surface area contributed by atoms with Crippen molar-refractivity contribution in [1.29, 1.82) is 0 Å². The second kappa shape index (κ2) is 17.1. The molecule has 0 bridgehead atoms. The van der Waals surface area contributed by atoms with Gasteiger partial charge in [-0.2, -0.15) is 16.8 Å². The summed E-state index contributed by atoms with van der Waals surface area (Å²) >= 11 is 6.46. The van der Waals surface area contributed by atoms with Crippen molar-refractivity contribution in [1.82, 2.24) is 15.3 Å². The van der Waals surface area contributed by atoms with E-state index >= 15 is 0 Å².